The Bertz CT molecular complexity index is 693. The first-order valence-corrected chi connectivity index (χ1v) is 8.32. The van der Waals surface area contributed by atoms with E-state index in [9.17, 15) is 0 Å². The quantitative estimate of drug-likeness (QED) is 0.890. The van der Waals surface area contributed by atoms with Gasteiger partial charge in [0.15, 0.2) is 0 Å². The first kappa shape index (κ1) is 11.3. The second-order valence-corrected chi connectivity index (χ2v) is 7.90. The van der Waals surface area contributed by atoms with Crippen LogP contribution < -0.4 is 11.1 Å². The molecule has 4 atom stereocenters. The number of thiophene rings is 1. The first-order valence-electron chi connectivity index (χ1n) is 7.51. The van der Waals surface area contributed by atoms with Gasteiger partial charge in [-0.3, -0.25) is 0 Å². The van der Waals surface area contributed by atoms with Gasteiger partial charge in [-0.15, -0.1) is 11.3 Å². The average Bonchev–Trinajstić information content (AvgIpc) is 2.79. The lowest BCUT2D eigenvalue weighted by Crippen LogP contribution is -2.14. The fourth-order valence-corrected chi connectivity index (χ4v) is 5.73. The van der Waals surface area contributed by atoms with E-state index in [0.717, 1.165) is 39.7 Å². The summed E-state index contributed by atoms with van der Waals surface area (Å²) in [6, 6.07) is 2.81. The maximum atomic E-state index is 5.86. The third-order valence-electron chi connectivity index (χ3n) is 5.57. The molecule has 2 aromatic heterocycles. The minimum absolute atomic E-state index is 0.385. The molecule has 4 nitrogen and oxygen atoms in total. The highest BCUT2D eigenvalue weighted by Crippen LogP contribution is 2.66. The van der Waals surface area contributed by atoms with Gasteiger partial charge < -0.3 is 11.1 Å². The zero-order valence-corrected chi connectivity index (χ0v) is 12.3. The molecule has 0 aromatic carbocycles. The summed E-state index contributed by atoms with van der Waals surface area (Å²) in [5, 5.41) is 4.83. The predicted octanol–water partition coefficient (Wildman–Crippen LogP) is 3.04. The number of aryl methyl sites for hydroxylation is 1. The lowest BCUT2D eigenvalue weighted by molar-refractivity contribution is 0.456. The predicted molar refractivity (Wildman–Crippen MR) is 81.8 cm³/mol. The molecule has 5 rings (SSSR count). The van der Waals surface area contributed by atoms with Crippen LogP contribution in [0.2, 0.25) is 0 Å². The molecule has 0 spiro atoms. The van der Waals surface area contributed by atoms with E-state index in [4.69, 9.17) is 5.73 Å². The molecule has 3 aliphatic rings. The Balaban J connectivity index is 1.50. The number of nitrogens with two attached hydrogens (primary N) is 1. The third-order valence-corrected chi connectivity index (χ3v) is 6.52. The summed E-state index contributed by atoms with van der Waals surface area (Å²) in [5.74, 6) is 5.09. The van der Waals surface area contributed by atoms with Gasteiger partial charge in [0.1, 0.15) is 10.6 Å². The van der Waals surface area contributed by atoms with E-state index in [0.29, 0.717) is 12.0 Å². The van der Waals surface area contributed by atoms with Crippen LogP contribution in [-0.2, 0) is 0 Å². The highest BCUT2D eigenvalue weighted by atomic mass is 32.1. The van der Waals surface area contributed by atoms with E-state index < -0.39 is 0 Å². The summed E-state index contributed by atoms with van der Waals surface area (Å²) < 4.78 is 0. The Labute approximate surface area is 121 Å². The molecule has 2 heterocycles. The van der Waals surface area contributed by atoms with E-state index in [1.807, 2.05) is 0 Å². The Morgan fingerprint density at radius 1 is 1.25 bits per heavy atom. The minimum Gasteiger partial charge on any atom is -0.368 e. The second kappa shape index (κ2) is 3.64. The molecule has 0 radical (unpaired) electrons. The van der Waals surface area contributed by atoms with Crippen molar-refractivity contribution in [2.45, 2.75) is 32.2 Å². The number of nitrogens with zero attached hydrogens (tertiary/aromatic N) is 2. The number of aromatic nitrogens is 2. The highest BCUT2D eigenvalue weighted by molar-refractivity contribution is 7.18. The lowest BCUT2D eigenvalue weighted by Gasteiger charge is -2.12. The van der Waals surface area contributed by atoms with Crippen LogP contribution in [0.15, 0.2) is 6.07 Å². The van der Waals surface area contributed by atoms with Crippen LogP contribution in [0.5, 0.6) is 0 Å². The topological polar surface area (TPSA) is 63.8 Å². The summed E-state index contributed by atoms with van der Waals surface area (Å²) in [5.41, 5.74) is 5.86. The Morgan fingerprint density at radius 3 is 2.75 bits per heavy atom. The second-order valence-electron chi connectivity index (χ2n) is 6.66. The molecule has 0 amide bonds. The van der Waals surface area contributed by atoms with E-state index in [1.54, 1.807) is 11.3 Å². The number of anilines is 2. The van der Waals surface area contributed by atoms with Crippen molar-refractivity contribution in [3.8, 4) is 0 Å². The largest absolute Gasteiger partial charge is 0.368 e. The van der Waals surface area contributed by atoms with Gasteiger partial charge in [0, 0.05) is 10.9 Å². The number of fused-ring (bicyclic) bond motifs is 6. The molecule has 4 unspecified atom stereocenters. The van der Waals surface area contributed by atoms with E-state index in [2.05, 4.69) is 28.3 Å². The van der Waals surface area contributed by atoms with Gasteiger partial charge in [-0.25, -0.2) is 4.98 Å². The standard InChI is InChI=1S/C15H18N4S/c1-6-4-9-13(18-15(16)19-14(9)20-6)17-12-10-7-2-3-8(5-7)11(10)12/h4,7-8,10-12H,2-3,5H2,1H3,(H3,16,17,18,19). The zero-order valence-electron chi connectivity index (χ0n) is 11.5. The first-order chi connectivity index (χ1) is 9.70. The molecule has 2 aromatic rings. The van der Waals surface area contributed by atoms with Gasteiger partial charge >= 0.3 is 0 Å². The van der Waals surface area contributed by atoms with Crippen molar-refractivity contribution in [1.29, 1.82) is 0 Å². The number of hydrogen-bond acceptors (Lipinski definition) is 5. The average molecular weight is 286 g/mol. The van der Waals surface area contributed by atoms with Crippen LogP contribution in [0.25, 0.3) is 10.2 Å². The van der Waals surface area contributed by atoms with Crippen LogP contribution in [0.4, 0.5) is 11.8 Å². The van der Waals surface area contributed by atoms with Crippen LogP contribution in [0.3, 0.4) is 0 Å². The van der Waals surface area contributed by atoms with Crippen molar-refractivity contribution >= 4 is 33.3 Å². The summed E-state index contributed by atoms with van der Waals surface area (Å²) in [7, 11) is 0. The maximum Gasteiger partial charge on any atom is 0.223 e. The zero-order chi connectivity index (χ0) is 13.4. The highest BCUT2D eigenvalue weighted by Gasteiger charge is 2.65. The summed E-state index contributed by atoms with van der Waals surface area (Å²) in [4.78, 5) is 11.1. The number of rotatable bonds is 2. The van der Waals surface area contributed by atoms with Crippen LogP contribution in [-0.4, -0.2) is 16.0 Å². The molecule has 104 valence electrons. The molecule has 3 saturated carbocycles. The maximum absolute atomic E-state index is 5.86. The van der Waals surface area contributed by atoms with Gasteiger partial charge in [-0.05, 0) is 55.9 Å². The molecule has 0 aliphatic heterocycles. The molecule has 3 N–H and O–H groups in total. The monoisotopic (exact) mass is 286 g/mol. The molecule has 5 heteroatoms. The fourth-order valence-electron chi connectivity index (χ4n) is 4.84. The van der Waals surface area contributed by atoms with Crippen molar-refractivity contribution < 1.29 is 0 Å². The summed E-state index contributed by atoms with van der Waals surface area (Å²) in [6.07, 6.45) is 4.37. The third kappa shape index (κ3) is 1.41. The summed E-state index contributed by atoms with van der Waals surface area (Å²) in [6.45, 7) is 2.11. The van der Waals surface area contributed by atoms with Crippen molar-refractivity contribution in [2.75, 3.05) is 11.1 Å². The van der Waals surface area contributed by atoms with Crippen molar-refractivity contribution in [3.63, 3.8) is 0 Å². The molecule has 20 heavy (non-hydrogen) atoms. The molecular formula is C15H18N4S. The minimum atomic E-state index is 0.385. The molecule has 0 saturated heterocycles. The lowest BCUT2D eigenvalue weighted by atomic mass is 10.0. The van der Waals surface area contributed by atoms with Gasteiger partial charge in [-0.2, -0.15) is 4.98 Å². The normalized spacial score (nSPS) is 37.4. The van der Waals surface area contributed by atoms with Crippen molar-refractivity contribution in [2.24, 2.45) is 23.7 Å². The van der Waals surface area contributed by atoms with E-state index in [1.165, 1.54) is 24.1 Å². The van der Waals surface area contributed by atoms with Gasteiger partial charge in [0.25, 0.3) is 0 Å². The molecule has 3 fully saturated rings. The van der Waals surface area contributed by atoms with Gasteiger partial charge in [0.2, 0.25) is 5.95 Å². The Hall–Kier alpha value is -1.36. The van der Waals surface area contributed by atoms with E-state index >= 15 is 0 Å². The van der Waals surface area contributed by atoms with E-state index in [-0.39, 0.29) is 0 Å². The van der Waals surface area contributed by atoms with Crippen LogP contribution in [0.1, 0.15) is 24.1 Å². The van der Waals surface area contributed by atoms with Crippen molar-refractivity contribution in [3.05, 3.63) is 10.9 Å². The number of hydrogen-bond donors (Lipinski definition) is 2. The summed E-state index contributed by atoms with van der Waals surface area (Å²) >= 11 is 1.69. The van der Waals surface area contributed by atoms with Gasteiger partial charge in [0.05, 0.1) is 5.39 Å². The molecule has 3 aliphatic carbocycles. The van der Waals surface area contributed by atoms with Gasteiger partial charge in [-0.1, -0.05) is 0 Å². The number of nitrogen functional groups attached to an aromatic ring is 1. The van der Waals surface area contributed by atoms with Crippen molar-refractivity contribution in [1.82, 2.24) is 9.97 Å². The molecule has 2 bridgehead atoms. The smallest absolute Gasteiger partial charge is 0.223 e. The molecular weight excluding hydrogens is 268 g/mol. The van der Waals surface area contributed by atoms with Crippen LogP contribution >= 0.6 is 11.3 Å². The Kier molecular flexibility index (Phi) is 2.06. The SMILES string of the molecule is Cc1cc2c(NC3C4C5CCC(C5)C34)nc(N)nc2s1. The number of nitrogens with one attached hydrogen (secondary N) is 1. The Morgan fingerprint density at radius 2 is 2.00 bits per heavy atom. The fraction of sp³-hybridized carbons (Fsp3) is 0.600. The van der Waals surface area contributed by atoms with Crippen LogP contribution in [0, 0.1) is 30.6 Å².